The van der Waals surface area contributed by atoms with Crippen molar-refractivity contribution >= 4 is 5.69 Å². The Morgan fingerprint density at radius 1 is 1.00 bits per heavy atom. The molecule has 2 aromatic carbocycles. The van der Waals surface area contributed by atoms with E-state index in [0.717, 1.165) is 43.4 Å². The Balaban J connectivity index is 1.45. The molecule has 2 aromatic rings. The molecule has 0 aromatic heterocycles. The number of methoxy groups -OCH3 is 1. The van der Waals surface area contributed by atoms with Crippen molar-refractivity contribution in [3.05, 3.63) is 53.6 Å². The maximum Gasteiger partial charge on any atom is 0.142 e. The summed E-state index contributed by atoms with van der Waals surface area (Å²) in [4.78, 5) is 4.63. The van der Waals surface area contributed by atoms with Crippen LogP contribution >= 0.6 is 0 Å². The third-order valence-corrected chi connectivity index (χ3v) is 5.19. The van der Waals surface area contributed by atoms with Gasteiger partial charge in [-0.15, -0.1) is 0 Å². The van der Waals surface area contributed by atoms with Crippen molar-refractivity contribution < 1.29 is 14.6 Å². The van der Waals surface area contributed by atoms with Crippen LogP contribution in [0.5, 0.6) is 11.5 Å². The minimum atomic E-state index is -0.496. The Morgan fingerprint density at radius 2 is 1.74 bits per heavy atom. The number of anilines is 1. The van der Waals surface area contributed by atoms with Crippen LogP contribution in [0.4, 0.5) is 5.69 Å². The number of hydrogen-bond acceptors (Lipinski definition) is 5. The molecular weight excluding hydrogens is 340 g/mol. The van der Waals surface area contributed by atoms with E-state index in [1.165, 1.54) is 11.1 Å². The summed E-state index contributed by atoms with van der Waals surface area (Å²) in [6, 6.07) is 14.2. The maximum atomic E-state index is 10.4. The lowest BCUT2D eigenvalue weighted by Crippen LogP contribution is -2.49. The minimum Gasteiger partial charge on any atom is -0.495 e. The molecule has 1 aliphatic heterocycles. The molecule has 0 bridgehead atoms. The van der Waals surface area contributed by atoms with Gasteiger partial charge in [0.1, 0.15) is 24.2 Å². The van der Waals surface area contributed by atoms with Crippen LogP contribution in [0.15, 0.2) is 42.5 Å². The average Bonchev–Trinajstić information content (AvgIpc) is 2.69. The van der Waals surface area contributed by atoms with E-state index in [1.807, 2.05) is 36.4 Å². The number of aliphatic hydroxyl groups excluding tert-OH is 1. The Bertz CT molecular complexity index is 742. The quantitative estimate of drug-likeness (QED) is 0.812. The van der Waals surface area contributed by atoms with Crippen molar-refractivity contribution in [1.82, 2.24) is 4.90 Å². The molecule has 0 spiro atoms. The predicted octanol–water partition coefficient (Wildman–Crippen LogP) is 2.87. The molecule has 1 fully saturated rings. The van der Waals surface area contributed by atoms with Gasteiger partial charge in [0, 0.05) is 32.7 Å². The topological polar surface area (TPSA) is 45.2 Å². The Labute approximate surface area is 162 Å². The van der Waals surface area contributed by atoms with Crippen LogP contribution in [0.25, 0.3) is 0 Å². The van der Waals surface area contributed by atoms with Crippen molar-refractivity contribution in [2.75, 3.05) is 51.3 Å². The summed E-state index contributed by atoms with van der Waals surface area (Å²) in [6.45, 7) is 8.77. The lowest BCUT2D eigenvalue weighted by atomic mass is 10.1. The first kappa shape index (κ1) is 19.5. The molecule has 5 nitrogen and oxygen atoms in total. The predicted molar refractivity (Wildman–Crippen MR) is 109 cm³/mol. The number of nitrogens with zero attached hydrogens (tertiary/aromatic N) is 2. The van der Waals surface area contributed by atoms with Gasteiger partial charge in [0.25, 0.3) is 0 Å². The normalized spacial score (nSPS) is 16.2. The van der Waals surface area contributed by atoms with Gasteiger partial charge in [-0.2, -0.15) is 0 Å². The van der Waals surface area contributed by atoms with Crippen molar-refractivity contribution in [1.29, 1.82) is 0 Å². The fourth-order valence-corrected chi connectivity index (χ4v) is 3.41. The van der Waals surface area contributed by atoms with Crippen LogP contribution in [0.3, 0.4) is 0 Å². The van der Waals surface area contributed by atoms with E-state index in [-0.39, 0.29) is 0 Å². The second-order valence-electron chi connectivity index (χ2n) is 7.17. The summed E-state index contributed by atoms with van der Waals surface area (Å²) in [7, 11) is 1.71. The van der Waals surface area contributed by atoms with E-state index < -0.39 is 6.10 Å². The van der Waals surface area contributed by atoms with Crippen molar-refractivity contribution in [2.45, 2.75) is 20.0 Å². The Kier molecular flexibility index (Phi) is 6.58. The molecule has 0 saturated carbocycles. The largest absolute Gasteiger partial charge is 0.495 e. The molecule has 0 aliphatic carbocycles. The fraction of sp³-hybridized carbons (Fsp3) is 0.455. The first-order chi connectivity index (χ1) is 13.1. The number of aryl methyl sites for hydroxylation is 2. The second kappa shape index (κ2) is 9.11. The van der Waals surface area contributed by atoms with Crippen LogP contribution in [0.2, 0.25) is 0 Å². The molecule has 0 radical (unpaired) electrons. The molecule has 1 atom stereocenters. The number of ether oxygens (including phenoxy) is 2. The van der Waals surface area contributed by atoms with E-state index in [1.54, 1.807) is 7.11 Å². The van der Waals surface area contributed by atoms with Gasteiger partial charge < -0.3 is 19.5 Å². The number of aliphatic hydroxyl groups is 1. The number of rotatable bonds is 7. The zero-order valence-electron chi connectivity index (χ0n) is 16.5. The highest BCUT2D eigenvalue weighted by Gasteiger charge is 2.21. The van der Waals surface area contributed by atoms with Gasteiger partial charge >= 0.3 is 0 Å². The van der Waals surface area contributed by atoms with Crippen LogP contribution < -0.4 is 14.4 Å². The van der Waals surface area contributed by atoms with E-state index in [9.17, 15) is 5.11 Å². The van der Waals surface area contributed by atoms with Crippen molar-refractivity contribution in [2.24, 2.45) is 0 Å². The third-order valence-electron chi connectivity index (χ3n) is 5.19. The van der Waals surface area contributed by atoms with Gasteiger partial charge in [-0.25, -0.2) is 0 Å². The van der Waals surface area contributed by atoms with Gasteiger partial charge in [-0.05, 0) is 49.2 Å². The summed E-state index contributed by atoms with van der Waals surface area (Å²) in [5.41, 5.74) is 3.59. The van der Waals surface area contributed by atoms with Gasteiger partial charge in [0.2, 0.25) is 0 Å². The molecular formula is C22H30N2O3. The minimum absolute atomic E-state index is 0.315. The highest BCUT2D eigenvalue weighted by molar-refractivity contribution is 5.58. The highest BCUT2D eigenvalue weighted by Crippen LogP contribution is 2.28. The second-order valence-corrected chi connectivity index (χ2v) is 7.17. The zero-order chi connectivity index (χ0) is 19.2. The average molecular weight is 370 g/mol. The van der Waals surface area contributed by atoms with E-state index in [4.69, 9.17) is 9.47 Å². The SMILES string of the molecule is COc1ccccc1N1CCN(C[C@H](O)COc2ccc(C)c(C)c2)CC1. The molecule has 5 heteroatoms. The summed E-state index contributed by atoms with van der Waals surface area (Å²) in [5.74, 6) is 1.73. The molecule has 27 heavy (non-hydrogen) atoms. The number of β-amino-alcohol motifs (C(OH)–C–C–N with tert-alkyl or cyclic N) is 1. The van der Waals surface area contributed by atoms with Gasteiger partial charge in [-0.1, -0.05) is 18.2 Å². The van der Waals surface area contributed by atoms with Gasteiger partial charge in [0.05, 0.1) is 12.8 Å². The summed E-state index contributed by atoms with van der Waals surface area (Å²) in [5, 5.41) is 10.4. The van der Waals surface area contributed by atoms with Crippen LogP contribution in [-0.2, 0) is 0 Å². The smallest absolute Gasteiger partial charge is 0.142 e. The maximum absolute atomic E-state index is 10.4. The van der Waals surface area contributed by atoms with Crippen molar-refractivity contribution in [3.63, 3.8) is 0 Å². The zero-order valence-corrected chi connectivity index (χ0v) is 16.5. The summed E-state index contributed by atoms with van der Waals surface area (Å²) < 4.78 is 11.2. The van der Waals surface area contributed by atoms with Crippen LogP contribution in [0, 0.1) is 13.8 Å². The highest BCUT2D eigenvalue weighted by atomic mass is 16.5. The van der Waals surface area contributed by atoms with Crippen LogP contribution in [-0.4, -0.2) is 62.6 Å². The lowest BCUT2D eigenvalue weighted by Gasteiger charge is -2.37. The summed E-state index contributed by atoms with van der Waals surface area (Å²) >= 11 is 0. The molecule has 146 valence electrons. The van der Waals surface area contributed by atoms with Gasteiger partial charge in [-0.3, -0.25) is 4.90 Å². The molecule has 0 unspecified atom stereocenters. The third kappa shape index (κ3) is 5.15. The van der Waals surface area contributed by atoms with E-state index in [2.05, 4.69) is 29.7 Å². The Morgan fingerprint density at radius 3 is 2.44 bits per heavy atom. The van der Waals surface area contributed by atoms with Crippen LogP contribution in [0.1, 0.15) is 11.1 Å². The Hall–Kier alpha value is -2.24. The molecule has 1 saturated heterocycles. The standard InChI is InChI=1S/C22H30N2O3/c1-17-8-9-20(14-18(17)2)27-16-19(25)15-23-10-12-24(13-11-23)21-6-4-5-7-22(21)26-3/h4-9,14,19,25H,10-13,15-16H2,1-3H3/t19-/m0/s1. The van der Waals surface area contributed by atoms with E-state index >= 15 is 0 Å². The number of benzene rings is 2. The number of hydrogen-bond donors (Lipinski definition) is 1. The molecule has 3 rings (SSSR count). The van der Waals surface area contributed by atoms with Gasteiger partial charge in [0.15, 0.2) is 0 Å². The summed E-state index contributed by atoms with van der Waals surface area (Å²) in [6.07, 6.45) is -0.496. The molecule has 0 amide bonds. The first-order valence-corrected chi connectivity index (χ1v) is 9.55. The molecule has 1 heterocycles. The van der Waals surface area contributed by atoms with E-state index in [0.29, 0.717) is 13.2 Å². The monoisotopic (exact) mass is 370 g/mol. The number of para-hydroxylation sites is 2. The number of piperazine rings is 1. The lowest BCUT2D eigenvalue weighted by molar-refractivity contribution is 0.0662. The molecule has 1 N–H and O–H groups in total. The first-order valence-electron chi connectivity index (χ1n) is 9.55. The van der Waals surface area contributed by atoms with Crippen molar-refractivity contribution in [3.8, 4) is 11.5 Å². The molecule has 1 aliphatic rings. The fourth-order valence-electron chi connectivity index (χ4n) is 3.41.